The van der Waals surface area contributed by atoms with Gasteiger partial charge in [0.05, 0.1) is 30.2 Å². The van der Waals surface area contributed by atoms with Crippen molar-refractivity contribution >= 4 is 46.4 Å². The van der Waals surface area contributed by atoms with Crippen LogP contribution in [0.1, 0.15) is 0 Å². The lowest BCUT2D eigenvalue weighted by Gasteiger charge is -2.10. The van der Waals surface area contributed by atoms with E-state index in [9.17, 15) is 4.79 Å². The van der Waals surface area contributed by atoms with Crippen LogP contribution in [0.25, 0.3) is 11.1 Å². The van der Waals surface area contributed by atoms with Gasteiger partial charge in [0.25, 0.3) is 0 Å². The van der Waals surface area contributed by atoms with Gasteiger partial charge in [-0.3, -0.25) is 0 Å². The summed E-state index contributed by atoms with van der Waals surface area (Å²) in [5, 5.41) is 6.22. The minimum absolute atomic E-state index is 0.113. The summed E-state index contributed by atoms with van der Waals surface area (Å²) >= 11 is 12.0. The molecule has 0 atom stereocenters. The first-order valence-corrected chi connectivity index (χ1v) is 10.6. The summed E-state index contributed by atoms with van der Waals surface area (Å²) in [6.45, 7) is 0. The molecule has 4 aromatic rings. The van der Waals surface area contributed by atoms with E-state index in [4.69, 9.17) is 38.4 Å². The zero-order valence-electron chi connectivity index (χ0n) is 17.8. The summed E-state index contributed by atoms with van der Waals surface area (Å²) in [4.78, 5) is 24.5. The van der Waals surface area contributed by atoms with Crippen molar-refractivity contribution in [3.8, 4) is 28.6 Å². The van der Waals surface area contributed by atoms with Gasteiger partial charge in [-0.2, -0.15) is 0 Å². The standard InChI is InChI=1S/C23H18Cl2N6O3/c1-33-19-7-14(24)6-16(9-19)30-22(32)31-17-11-28-23(29-12-17)34-18-4-2-13(3-5-18)20-8-15(25)10-27-21(20)26/h2-12H,1H3,(H2,26,27)(H2,30,31,32). The van der Waals surface area contributed by atoms with E-state index >= 15 is 0 Å². The number of urea groups is 1. The third kappa shape index (κ3) is 5.83. The van der Waals surface area contributed by atoms with Gasteiger partial charge in [0, 0.05) is 28.5 Å². The molecule has 34 heavy (non-hydrogen) atoms. The Hall–Kier alpha value is -4.08. The number of benzene rings is 2. The first-order valence-electron chi connectivity index (χ1n) is 9.83. The quantitative estimate of drug-likeness (QED) is 0.304. The van der Waals surface area contributed by atoms with Crippen LogP contribution in [0.2, 0.25) is 10.0 Å². The van der Waals surface area contributed by atoms with Crippen molar-refractivity contribution in [1.29, 1.82) is 0 Å². The molecule has 0 fully saturated rings. The van der Waals surface area contributed by atoms with Crippen LogP contribution in [0.5, 0.6) is 17.5 Å². The monoisotopic (exact) mass is 496 g/mol. The normalized spacial score (nSPS) is 10.4. The highest BCUT2D eigenvalue weighted by Gasteiger charge is 2.09. The van der Waals surface area contributed by atoms with Crippen LogP contribution in [0.4, 0.5) is 22.0 Å². The van der Waals surface area contributed by atoms with Gasteiger partial charge in [-0.15, -0.1) is 0 Å². The van der Waals surface area contributed by atoms with Crippen molar-refractivity contribution in [3.05, 3.63) is 77.2 Å². The zero-order chi connectivity index (χ0) is 24.1. The molecule has 0 spiro atoms. The number of ether oxygens (including phenoxy) is 2. The molecule has 0 aliphatic rings. The largest absolute Gasteiger partial charge is 0.497 e. The molecule has 0 saturated carbocycles. The Labute approximate surface area is 204 Å². The number of aromatic nitrogens is 3. The lowest BCUT2D eigenvalue weighted by atomic mass is 10.1. The summed E-state index contributed by atoms with van der Waals surface area (Å²) in [7, 11) is 1.51. The van der Waals surface area contributed by atoms with Crippen molar-refractivity contribution in [2.75, 3.05) is 23.5 Å². The minimum atomic E-state index is -0.494. The Morgan fingerprint density at radius 2 is 1.56 bits per heavy atom. The molecule has 4 rings (SSSR count). The molecule has 11 heteroatoms. The van der Waals surface area contributed by atoms with Crippen LogP contribution in [0.15, 0.2) is 67.1 Å². The number of nitrogens with one attached hydrogen (secondary N) is 2. The van der Waals surface area contributed by atoms with Gasteiger partial charge in [0.1, 0.15) is 17.3 Å². The fraction of sp³-hybridized carbons (Fsp3) is 0.0435. The van der Waals surface area contributed by atoms with Crippen molar-refractivity contribution in [1.82, 2.24) is 15.0 Å². The van der Waals surface area contributed by atoms with E-state index in [1.54, 1.807) is 36.4 Å². The molecular weight excluding hydrogens is 479 g/mol. The van der Waals surface area contributed by atoms with E-state index in [1.807, 2.05) is 12.1 Å². The summed E-state index contributed by atoms with van der Waals surface area (Å²) in [6, 6.07) is 13.4. The van der Waals surface area contributed by atoms with Crippen LogP contribution in [0, 0.1) is 0 Å². The maximum atomic E-state index is 12.2. The van der Waals surface area contributed by atoms with Gasteiger partial charge in [0.2, 0.25) is 0 Å². The first-order chi connectivity index (χ1) is 16.4. The average Bonchev–Trinajstić information content (AvgIpc) is 2.82. The Morgan fingerprint density at radius 1 is 0.853 bits per heavy atom. The number of anilines is 3. The van der Waals surface area contributed by atoms with Crippen molar-refractivity contribution < 1.29 is 14.3 Å². The highest BCUT2D eigenvalue weighted by atomic mass is 35.5. The zero-order valence-corrected chi connectivity index (χ0v) is 19.3. The lowest BCUT2D eigenvalue weighted by Crippen LogP contribution is -2.19. The SMILES string of the molecule is COc1cc(Cl)cc(NC(=O)Nc2cnc(Oc3ccc(-c4cc(Cl)cnc4N)cc3)nc2)c1. The molecule has 0 aliphatic heterocycles. The molecule has 2 aromatic carbocycles. The predicted octanol–water partition coefficient (Wildman–Crippen LogP) is 5.87. The number of nitrogens with zero attached hydrogens (tertiary/aromatic N) is 3. The molecule has 4 N–H and O–H groups in total. The smallest absolute Gasteiger partial charge is 0.323 e. The molecule has 2 amide bonds. The van der Waals surface area contributed by atoms with Crippen molar-refractivity contribution in [3.63, 3.8) is 0 Å². The van der Waals surface area contributed by atoms with E-state index in [1.165, 1.54) is 25.7 Å². The fourth-order valence-corrected chi connectivity index (χ4v) is 3.35. The maximum absolute atomic E-state index is 12.2. The molecular formula is C23H18Cl2N6O3. The predicted molar refractivity (Wildman–Crippen MR) is 132 cm³/mol. The number of amides is 2. The third-order valence-electron chi connectivity index (χ3n) is 4.51. The summed E-state index contributed by atoms with van der Waals surface area (Å²) in [5.41, 5.74) is 8.33. The van der Waals surface area contributed by atoms with Gasteiger partial charge >= 0.3 is 12.0 Å². The highest BCUT2D eigenvalue weighted by Crippen LogP contribution is 2.29. The van der Waals surface area contributed by atoms with Crippen LogP contribution in [-0.4, -0.2) is 28.1 Å². The number of carbonyl (C=O) groups excluding carboxylic acids is 1. The summed E-state index contributed by atoms with van der Waals surface area (Å²) in [5.74, 6) is 1.42. The van der Waals surface area contributed by atoms with E-state index < -0.39 is 6.03 Å². The number of hydrogen-bond donors (Lipinski definition) is 3. The summed E-state index contributed by atoms with van der Waals surface area (Å²) < 4.78 is 10.8. The van der Waals surface area contributed by atoms with E-state index in [-0.39, 0.29) is 6.01 Å². The lowest BCUT2D eigenvalue weighted by molar-refractivity contribution is 0.262. The number of pyridine rings is 1. The molecule has 172 valence electrons. The van der Waals surface area contributed by atoms with Crippen LogP contribution >= 0.6 is 23.2 Å². The third-order valence-corrected chi connectivity index (χ3v) is 4.94. The first kappa shape index (κ1) is 23.1. The number of nitrogens with two attached hydrogens (primary N) is 1. The number of methoxy groups -OCH3 is 1. The van der Waals surface area contributed by atoms with Crippen molar-refractivity contribution in [2.24, 2.45) is 0 Å². The van der Waals surface area contributed by atoms with Gasteiger partial charge in [-0.25, -0.2) is 19.7 Å². The Bertz CT molecular complexity index is 1320. The second-order valence-corrected chi connectivity index (χ2v) is 7.80. The van der Waals surface area contributed by atoms with Gasteiger partial charge in [-0.05, 0) is 35.9 Å². The number of rotatable bonds is 6. The molecule has 2 aromatic heterocycles. The van der Waals surface area contributed by atoms with Crippen LogP contribution < -0.4 is 25.8 Å². The molecule has 0 saturated heterocycles. The Balaban J connectivity index is 1.37. The van der Waals surface area contributed by atoms with E-state index in [0.29, 0.717) is 38.7 Å². The fourth-order valence-electron chi connectivity index (χ4n) is 2.97. The topological polar surface area (TPSA) is 124 Å². The van der Waals surface area contributed by atoms with Crippen LogP contribution in [0.3, 0.4) is 0 Å². The van der Waals surface area contributed by atoms with Crippen molar-refractivity contribution in [2.45, 2.75) is 0 Å². The number of nitrogen functional groups attached to an aromatic ring is 1. The van der Waals surface area contributed by atoms with E-state index in [0.717, 1.165) is 11.1 Å². The number of carbonyl (C=O) groups is 1. The van der Waals surface area contributed by atoms with Gasteiger partial charge in [-0.1, -0.05) is 35.3 Å². The van der Waals surface area contributed by atoms with E-state index in [2.05, 4.69) is 25.6 Å². The Morgan fingerprint density at radius 3 is 2.26 bits per heavy atom. The highest BCUT2D eigenvalue weighted by molar-refractivity contribution is 6.31. The number of hydrogen-bond acceptors (Lipinski definition) is 7. The van der Waals surface area contributed by atoms with Crippen LogP contribution in [-0.2, 0) is 0 Å². The minimum Gasteiger partial charge on any atom is -0.497 e. The number of halogens is 2. The second kappa shape index (κ2) is 10.2. The van der Waals surface area contributed by atoms with Gasteiger partial charge in [0.15, 0.2) is 0 Å². The second-order valence-electron chi connectivity index (χ2n) is 6.93. The molecule has 2 heterocycles. The average molecular weight is 497 g/mol. The summed E-state index contributed by atoms with van der Waals surface area (Å²) in [6.07, 6.45) is 4.34. The molecule has 0 aliphatic carbocycles. The Kier molecular flexibility index (Phi) is 6.95. The molecule has 0 bridgehead atoms. The maximum Gasteiger partial charge on any atom is 0.323 e. The molecule has 9 nitrogen and oxygen atoms in total. The molecule has 0 radical (unpaired) electrons. The van der Waals surface area contributed by atoms with Gasteiger partial charge < -0.3 is 25.8 Å². The molecule has 0 unspecified atom stereocenters.